The number of rotatable bonds is 4. The van der Waals surface area contributed by atoms with Gasteiger partial charge in [-0.15, -0.1) is 0 Å². The summed E-state index contributed by atoms with van der Waals surface area (Å²) in [6.07, 6.45) is 0. The summed E-state index contributed by atoms with van der Waals surface area (Å²) in [5.74, 6) is -1.62. The van der Waals surface area contributed by atoms with Crippen molar-refractivity contribution in [1.29, 1.82) is 0 Å². The molecule has 0 aliphatic carbocycles. The normalized spacial score (nSPS) is 14.8. The first-order chi connectivity index (χ1) is 10.5. The molecule has 2 rings (SSSR count). The summed E-state index contributed by atoms with van der Waals surface area (Å²) < 4.78 is 4.80. The first-order valence-electron chi connectivity index (χ1n) is 6.79. The van der Waals surface area contributed by atoms with Gasteiger partial charge in [0.25, 0.3) is 5.91 Å². The van der Waals surface area contributed by atoms with Gasteiger partial charge in [-0.2, -0.15) is 0 Å². The topological polar surface area (TPSA) is 100 Å². The number of carbonyl (C=O) groups is 3. The lowest BCUT2D eigenvalue weighted by Crippen LogP contribution is -2.51. The van der Waals surface area contributed by atoms with E-state index in [1.54, 1.807) is 9.80 Å². The molecule has 0 unspecified atom stereocenters. The van der Waals surface area contributed by atoms with Gasteiger partial charge in [-0.25, -0.2) is 9.78 Å². The van der Waals surface area contributed by atoms with Crippen LogP contribution >= 0.6 is 0 Å². The number of pyridine rings is 1. The molecule has 118 valence electrons. The van der Waals surface area contributed by atoms with Crippen LogP contribution in [-0.4, -0.2) is 77.6 Å². The molecule has 0 saturated carbocycles. The fraction of sp³-hybridized carbons (Fsp3) is 0.429. The zero-order chi connectivity index (χ0) is 16.1. The molecule has 1 fully saturated rings. The van der Waals surface area contributed by atoms with Crippen LogP contribution in [0.15, 0.2) is 18.2 Å². The van der Waals surface area contributed by atoms with Gasteiger partial charge in [-0.05, 0) is 12.1 Å². The number of amides is 2. The number of hydrogen-bond acceptors (Lipinski definition) is 5. The predicted octanol–water partition coefficient (Wildman–Crippen LogP) is -0.289. The van der Waals surface area contributed by atoms with Crippen molar-refractivity contribution in [3.63, 3.8) is 0 Å². The molecule has 1 saturated heterocycles. The van der Waals surface area contributed by atoms with Crippen LogP contribution in [0.25, 0.3) is 0 Å². The Morgan fingerprint density at radius 2 is 1.73 bits per heavy atom. The van der Waals surface area contributed by atoms with Crippen LogP contribution in [-0.2, 0) is 9.53 Å². The van der Waals surface area contributed by atoms with Crippen LogP contribution in [0.3, 0.4) is 0 Å². The maximum Gasteiger partial charge on any atom is 0.354 e. The van der Waals surface area contributed by atoms with E-state index in [9.17, 15) is 14.4 Å². The molecule has 1 aromatic heterocycles. The van der Waals surface area contributed by atoms with Gasteiger partial charge in [0.2, 0.25) is 5.91 Å². The summed E-state index contributed by atoms with van der Waals surface area (Å²) >= 11 is 0. The number of methoxy groups -OCH3 is 1. The Balaban J connectivity index is 1.99. The molecule has 22 heavy (non-hydrogen) atoms. The summed E-state index contributed by atoms with van der Waals surface area (Å²) in [4.78, 5) is 41.9. The maximum absolute atomic E-state index is 12.3. The number of carbonyl (C=O) groups excluding carboxylic acids is 2. The molecule has 0 bridgehead atoms. The minimum atomic E-state index is -1.18. The molecule has 0 atom stereocenters. The monoisotopic (exact) mass is 307 g/mol. The molecule has 1 aliphatic heterocycles. The van der Waals surface area contributed by atoms with E-state index >= 15 is 0 Å². The summed E-state index contributed by atoms with van der Waals surface area (Å²) in [5.41, 5.74) is -0.0728. The highest BCUT2D eigenvalue weighted by molar-refractivity contribution is 5.94. The Labute approximate surface area is 127 Å². The van der Waals surface area contributed by atoms with Crippen molar-refractivity contribution in [2.24, 2.45) is 0 Å². The first kappa shape index (κ1) is 15.9. The van der Waals surface area contributed by atoms with E-state index in [4.69, 9.17) is 9.84 Å². The SMILES string of the molecule is COCC(=O)N1CCN(C(=O)c2cccc(C(=O)O)n2)CC1. The summed E-state index contributed by atoms with van der Waals surface area (Å²) in [6.45, 7) is 1.63. The highest BCUT2D eigenvalue weighted by atomic mass is 16.5. The zero-order valence-electron chi connectivity index (χ0n) is 12.2. The molecule has 8 heteroatoms. The predicted molar refractivity (Wildman–Crippen MR) is 75.6 cm³/mol. The number of carboxylic acid groups (broad SMARTS) is 1. The van der Waals surface area contributed by atoms with Crippen molar-refractivity contribution in [3.05, 3.63) is 29.6 Å². The minimum absolute atomic E-state index is 0.0240. The third kappa shape index (κ3) is 3.59. The van der Waals surface area contributed by atoms with Crippen molar-refractivity contribution < 1.29 is 24.2 Å². The maximum atomic E-state index is 12.3. The second-order valence-electron chi connectivity index (χ2n) is 4.82. The highest BCUT2D eigenvalue weighted by Gasteiger charge is 2.25. The molecule has 2 heterocycles. The van der Waals surface area contributed by atoms with Gasteiger partial charge in [0, 0.05) is 33.3 Å². The Bertz CT molecular complexity index is 582. The lowest BCUT2D eigenvalue weighted by atomic mass is 10.2. The van der Waals surface area contributed by atoms with Gasteiger partial charge < -0.3 is 19.6 Å². The van der Waals surface area contributed by atoms with Gasteiger partial charge in [-0.3, -0.25) is 9.59 Å². The van der Waals surface area contributed by atoms with Crippen LogP contribution in [0.5, 0.6) is 0 Å². The summed E-state index contributed by atoms with van der Waals surface area (Å²) in [5, 5.41) is 8.90. The van der Waals surface area contributed by atoms with Crippen LogP contribution in [0.4, 0.5) is 0 Å². The lowest BCUT2D eigenvalue weighted by molar-refractivity contribution is -0.136. The third-order valence-corrected chi connectivity index (χ3v) is 3.37. The first-order valence-corrected chi connectivity index (χ1v) is 6.79. The van der Waals surface area contributed by atoms with E-state index in [1.165, 1.54) is 25.3 Å². The minimum Gasteiger partial charge on any atom is -0.477 e. The van der Waals surface area contributed by atoms with Crippen LogP contribution in [0.2, 0.25) is 0 Å². The fourth-order valence-electron chi connectivity index (χ4n) is 2.21. The van der Waals surface area contributed by atoms with Crippen LogP contribution in [0.1, 0.15) is 21.0 Å². The van der Waals surface area contributed by atoms with Crippen molar-refractivity contribution in [3.8, 4) is 0 Å². The Kier molecular flexibility index (Phi) is 5.05. The van der Waals surface area contributed by atoms with Crippen molar-refractivity contribution in [1.82, 2.24) is 14.8 Å². The lowest BCUT2D eigenvalue weighted by Gasteiger charge is -2.34. The number of nitrogens with zero attached hydrogens (tertiary/aromatic N) is 3. The number of carboxylic acids is 1. The van der Waals surface area contributed by atoms with E-state index in [2.05, 4.69) is 4.98 Å². The zero-order valence-corrected chi connectivity index (χ0v) is 12.2. The standard InChI is InChI=1S/C14H17N3O5/c1-22-9-12(18)16-5-7-17(8-6-16)13(19)10-3-2-4-11(15-10)14(20)21/h2-4H,5-9H2,1H3,(H,20,21). The molecule has 1 aliphatic rings. The molecule has 8 nitrogen and oxygen atoms in total. The van der Waals surface area contributed by atoms with Crippen LogP contribution < -0.4 is 0 Å². The molecule has 1 N–H and O–H groups in total. The smallest absolute Gasteiger partial charge is 0.354 e. The van der Waals surface area contributed by atoms with E-state index in [0.717, 1.165) is 0 Å². The third-order valence-electron chi connectivity index (χ3n) is 3.37. The van der Waals surface area contributed by atoms with Gasteiger partial charge in [0.15, 0.2) is 0 Å². The largest absolute Gasteiger partial charge is 0.477 e. The Morgan fingerprint density at radius 3 is 2.32 bits per heavy atom. The van der Waals surface area contributed by atoms with E-state index < -0.39 is 5.97 Å². The Morgan fingerprint density at radius 1 is 1.14 bits per heavy atom. The van der Waals surface area contributed by atoms with E-state index in [1.807, 2.05) is 0 Å². The second kappa shape index (κ2) is 6.99. The summed E-state index contributed by atoms with van der Waals surface area (Å²) in [7, 11) is 1.46. The average molecular weight is 307 g/mol. The number of aromatic carboxylic acids is 1. The van der Waals surface area contributed by atoms with E-state index in [-0.39, 0.29) is 29.8 Å². The van der Waals surface area contributed by atoms with Crippen molar-refractivity contribution in [2.45, 2.75) is 0 Å². The quantitative estimate of drug-likeness (QED) is 0.820. The fourth-order valence-corrected chi connectivity index (χ4v) is 2.21. The van der Waals surface area contributed by atoms with Gasteiger partial charge >= 0.3 is 5.97 Å². The van der Waals surface area contributed by atoms with Crippen molar-refractivity contribution >= 4 is 17.8 Å². The number of piperazine rings is 1. The molecule has 1 aromatic rings. The molecular weight excluding hydrogens is 290 g/mol. The number of hydrogen-bond donors (Lipinski definition) is 1. The molecule has 0 radical (unpaired) electrons. The van der Waals surface area contributed by atoms with Gasteiger partial charge in [0.05, 0.1) is 0 Å². The Hall–Kier alpha value is -2.48. The van der Waals surface area contributed by atoms with Gasteiger partial charge in [0.1, 0.15) is 18.0 Å². The highest BCUT2D eigenvalue weighted by Crippen LogP contribution is 2.08. The van der Waals surface area contributed by atoms with Crippen LogP contribution in [0, 0.1) is 0 Å². The summed E-state index contributed by atoms with van der Waals surface area (Å²) in [6, 6.07) is 4.31. The second-order valence-corrected chi connectivity index (χ2v) is 4.82. The number of ether oxygens (including phenoxy) is 1. The van der Waals surface area contributed by atoms with Crippen molar-refractivity contribution in [2.75, 3.05) is 39.9 Å². The molecular formula is C14H17N3O5. The average Bonchev–Trinajstić information content (AvgIpc) is 2.54. The molecule has 0 aromatic carbocycles. The van der Waals surface area contributed by atoms with E-state index in [0.29, 0.717) is 26.2 Å². The molecule has 0 spiro atoms. The number of aromatic nitrogens is 1. The van der Waals surface area contributed by atoms with Gasteiger partial charge in [-0.1, -0.05) is 6.07 Å². The molecule has 2 amide bonds.